The minimum atomic E-state index is -3.18. The van der Waals surface area contributed by atoms with Crippen LogP contribution in [0.2, 0.25) is 0 Å². The van der Waals surface area contributed by atoms with E-state index in [2.05, 4.69) is 5.32 Å². The highest BCUT2D eigenvalue weighted by molar-refractivity contribution is 7.88. The zero-order valence-electron chi connectivity index (χ0n) is 10.8. The second-order valence-corrected chi connectivity index (χ2v) is 6.48. The molecule has 1 saturated heterocycles. The molecule has 0 radical (unpaired) electrons. The third kappa shape index (κ3) is 3.24. The van der Waals surface area contributed by atoms with Gasteiger partial charge < -0.3 is 10.1 Å². The molecular formula is C12H16N2O4S. The van der Waals surface area contributed by atoms with Crippen molar-refractivity contribution in [3.8, 4) is 5.75 Å². The van der Waals surface area contributed by atoms with Crippen molar-refractivity contribution in [1.29, 1.82) is 0 Å². The summed E-state index contributed by atoms with van der Waals surface area (Å²) >= 11 is 0. The van der Waals surface area contributed by atoms with Gasteiger partial charge in [0.25, 0.3) is 0 Å². The van der Waals surface area contributed by atoms with E-state index in [0.29, 0.717) is 11.4 Å². The Morgan fingerprint density at radius 2 is 1.89 bits per heavy atom. The van der Waals surface area contributed by atoms with Crippen LogP contribution in [0.25, 0.3) is 0 Å². The number of anilines is 1. The maximum atomic E-state index is 11.9. The van der Waals surface area contributed by atoms with Gasteiger partial charge in [-0.1, -0.05) is 0 Å². The van der Waals surface area contributed by atoms with Crippen LogP contribution in [0.4, 0.5) is 5.69 Å². The predicted octanol–water partition coefficient (Wildman–Crippen LogP) is 0.525. The van der Waals surface area contributed by atoms with E-state index >= 15 is 0 Å². The number of hydrogen-bond donors (Lipinski definition) is 1. The smallest absolute Gasteiger partial charge is 0.230 e. The molecule has 1 aromatic carbocycles. The van der Waals surface area contributed by atoms with Gasteiger partial charge >= 0.3 is 0 Å². The summed E-state index contributed by atoms with van der Waals surface area (Å²) in [6.45, 7) is 0.502. The van der Waals surface area contributed by atoms with E-state index in [0.717, 1.165) is 6.26 Å². The molecule has 1 amide bonds. The van der Waals surface area contributed by atoms with E-state index in [9.17, 15) is 13.2 Å². The summed E-state index contributed by atoms with van der Waals surface area (Å²) in [6, 6.07) is 6.98. The highest BCUT2D eigenvalue weighted by Gasteiger charge is 2.37. The molecule has 104 valence electrons. The first-order chi connectivity index (χ1) is 8.90. The number of nitrogens with zero attached hydrogens (tertiary/aromatic N) is 1. The number of sulfonamides is 1. The Morgan fingerprint density at radius 3 is 2.37 bits per heavy atom. The van der Waals surface area contributed by atoms with Gasteiger partial charge in [0, 0.05) is 18.8 Å². The van der Waals surface area contributed by atoms with Crippen LogP contribution in [-0.4, -0.2) is 45.1 Å². The van der Waals surface area contributed by atoms with E-state index in [1.165, 1.54) is 4.31 Å². The third-order valence-electron chi connectivity index (χ3n) is 3.05. The van der Waals surface area contributed by atoms with Crippen molar-refractivity contribution in [2.45, 2.75) is 0 Å². The zero-order chi connectivity index (χ0) is 14.0. The van der Waals surface area contributed by atoms with Crippen molar-refractivity contribution in [3.63, 3.8) is 0 Å². The van der Waals surface area contributed by atoms with Gasteiger partial charge in [0.2, 0.25) is 15.9 Å². The van der Waals surface area contributed by atoms with Gasteiger partial charge in [0.15, 0.2) is 0 Å². The summed E-state index contributed by atoms with van der Waals surface area (Å²) in [5.41, 5.74) is 0.670. The average Bonchev–Trinajstić information content (AvgIpc) is 2.26. The Kier molecular flexibility index (Phi) is 3.77. The van der Waals surface area contributed by atoms with Gasteiger partial charge in [0.1, 0.15) is 5.75 Å². The van der Waals surface area contributed by atoms with Gasteiger partial charge in [-0.2, -0.15) is 0 Å². The van der Waals surface area contributed by atoms with E-state index in [1.54, 1.807) is 31.4 Å². The van der Waals surface area contributed by atoms with E-state index in [4.69, 9.17) is 4.74 Å². The first kappa shape index (κ1) is 13.8. The first-order valence-corrected chi connectivity index (χ1v) is 7.65. The largest absolute Gasteiger partial charge is 0.497 e. The fourth-order valence-corrected chi connectivity index (χ4v) is 2.69. The van der Waals surface area contributed by atoms with E-state index in [1.807, 2.05) is 0 Å². The van der Waals surface area contributed by atoms with Crippen LogP contribution in [-0.2, 0) is 14.8 Å². The summed E-state index contributed by atoms with van der Waals surface area (Å²) < 4.78 is 28.7. The Balaban J connectivity index is 1.89. The topological polar surface area (TPSA) is 75.7 Å². The summed E-state index contributed by atoms with van der Waals surface area (Å²) in [7, 11) is -1.61. The third-order valence-corrected chi connectivity index (χ3v) is 4.28. The molecule has 2 rings (SSSR count). The number of benzene rings is 1. The van der Waals surface area contributed by atoms with Crippen LogP contribution < -0.4 is 10.1 Å². The molecule has 0 unspecified atom stereocenters. The fraction of sp³-hybridized carbons (Fsp3) is 0.417. The van der Waals surface area contributed by atoms with Crippen molar-refractivity contribution in [2.24, 2.45) is 5.92 Å². The van der Waals surface area contributed by atoms with Crippen molar-refractivity contribution in [1.82, 2.24) is 4.31 Å². The lowest BCUT2D eigenvalue weighted by Crippen LogP contribution is -2.53. The highest BCUT2D eigenvalue weighted by atomic mass is 32.2. The first-order valence-electron chi connectivity index (χ1n) is 5.80. The molecule has 0 spiro atoms. The number of hydrogen-bond acceptors (Lipinski definition) is 4. The van der Waals surface area contributed by atoms with Crippen molar-refractivity contribution in [3.05, 3.63) is 24.3 Å². The van der Waals surface area contributed by atoms with Crippen LogP contribution in [0.3, 0.4) is 0 Å². The maximum absolute atomic E-state index is 11.9. The number of carbonyl (C=O) groups excluding carboxylic acids is 1. The lowest BCUT2D eigenvalue weighted by molar-refractivity contribution is -0.122. The SMILES string of the molecule is COc1ccc(NC(=O)C2CN(S(C)(=O)=O)C2)cc1. The van der Waals surface area contributed by atoms with Gasteiger partial charge in [-0.3, -0.25) is 4.79 Å². The predicted molar refractivity (Wildman–Crippen MR) is 71.5 cm³/mol. The molecule has 0 aromatic heterocycles. The van der Waals surface area contributed by atoms with Gasteiger partial charge in [-0.15, -0.1) is 0 Å². The molecule has 7 heteroatoms. The summed E-state index contributed by atoms with van der Waals surface area (Å²) in [5.74, 6) is 0.270. The van der Waals surface area contributed by atoms with Crippen LogP contribution in [0.5, 0.6) is 5.75 Å². The summed E-state index contributed by atoms with van der Waals surface area (Å²) in [5, 5.41) is 2.75. The standard InChI is InChI=1S/C12H16N2O4S/c1-18-11-5-3-10(4-6-11)13-12(15)9-7-14(8-9)19(2,16)17/h3-6,9H,7-8H2,1-2H3,(H,13,15). The van der Waals surface area contributed by atoms with E-state index in [-0.39, 0.29) is 24.9 Å². The minimum absolute atomic E-state index is 0.162. The molecule has 19 heavy (non-hydrogen) atoms. The average molecular weight is 284 g/mol. The Labute approximate surface area is 112 Å². The molecule has 6 nitrogen and oxygen atoms in total. The molecule has 1 heterocycles. The van der Waals surface area contributed by atoms with Gasteiger partial charge in [0.05, 0.1) is 19.3 Å². The molecule has 1 aliphatic heterocycles. The molecule has 0 aliphatic carbocycles. The monoisotopic (exact) mass is 284 g/mol. The maximum Gasteiger partial charge on any atom is 0.230 e. The highest BCUT2D eigenvalue weighted by Crippen LogP contribution is 2.21. The molecule has 1 N–H and O–H groups in total. The lowest BCUT2D eigenvalue weighted by atomic mass is 10.0. The van der Waals surface area contributed by atoms with E-state index < -0.39 is 10.0 Å². The molecule has 0 saturated carbocycles. The minimum Gasteiger partial charge on any atom is -0.497 e. The number of nitrogens with one attached hydrogen (secondary N) is 1. The van der Waals surface area contributed by atoms with Crippen molar-refractivity contribution >= 4 is 21.6 Å². The van der Waals surface area contributed by atoms with Crippen LogP contribution in [0, 0.1) is 5.92 Å². The summed E-state index contributed by atoms with van der Waals surface area (Å²) in [4.78, 5) is 11.9. The van der Waals surface area contributed by atoms with Crippen LogP contribution in [0.1, 0.15) is 0 Å². The molecule has 0 bridgehead atoms. The molecule has 1 fully saturated rings. The van der Waals surface area contributed by atoms with Gasteiger partial charge in [-0.05, 0) is 24.3 Å². The van der Waals surface area contributed by atoms with Gasteiger partial charge in [-0.25, -0.2) is 12.7 Å². The Bertz CT molecular complexity index is 562. The Hall–Kier alpha value is -1.60. The quantitative estimate of drug-likeness (QED) is 0.875. The number of rotatable bonds is 4. The fourth-order valence-electron chi connectivity index (χ4n) is 1.79. The van der Waals surface area contributed by atoms with Crippen LogP contribution >= 0.6 is 0 Å². The lowest BCUT2D eigenvalue weighted by Gasteiger charge is -2.35. The van der Waals surface area contributed by atoms with Crippen molar-refractivity contribution < 1.29 is 17.9 Å². The number of ether oxygens (including phenoxy) is 1. The molecular weight excluding hydrogens is 268 g/mol. The second-order valence-electron chi connectivity index (χ2n) is 4.49. The Morgan fingerprint density at radius 1 is 1.32 bits per heavy atom. The molecule has 1 aliphatic rings. The second kappa shape index (κ2) is 5.18. The normalized spacial score (nSPS) is 16.7. The summed E-state index contributed by atoms with van der Waals surface area (Å²) in [6.07, 6.45) is 1.14. The zero-order valence-corrected chi connectivity index (χ0v) is 11.6. The molecule has 0 atom stereocenters. The molecule has 1 aromatic rings. The number of methoxy groups -OCH3 is 1. The van der Waals surface area contributed by atoms with Crippen molar-refractivity contribution in [2.75, 3.05) is 31.8 Å². The number of carbonyl (C=O) groups is 1. The van der Waals surface area contributed by atoms with Crippen LogP contribution in [0.15, 0.2) is 24.3 Å². The number of amides is 1.